The van der Waals surface area contributed by atoms with Crippen LogP contribution in [-0.4, -0.2) is 4.98 Å². The predicted molar refractivity (Wildman–Crippen MR) is 57.3 cm³/mol. The molecule has 0 aliphatic rings. The largest absolute Gasteiger partial charge is 0.244 e. The van der Waals surface area contributed by atoms with Crippen LogP contribution >= 0.6 is 22.9 Å². The van der Waals surface area contributed by atoms with Crippen LogP contribution in [0.2, 0.25) is 5.15 Å². The molecule has 0 radical (unpaired) electrons. The molecule has 66 valence electrons. The minimum atomic E-state index is 0.586. The van der Waals surface area contributed by atoms with E-state index in [4.69, 9.17) is 11.6 Å². The van der Waals surface area contributed by atoms with E-state index >= 15 is 0 Å². The summed E-state index contributed by atoms with van der Waals surface area (Å²) in [4.78, 5) is 5.24. The number of thiophene rings is 1. The first-order valence-corrected chi connectivity index (χ1v) is 5.20. The van der Waals surface area contributed by atoms with Crippen LogP contribution in [0.25, 0.3) is 10.4 Å². The average molecular weight is 210 g/mol. The fraction of sp³-hybridized carbons (Fsp3) is 0.100. The molecule has 0 saturated heterocycles. The van der Waals surface area contributed by atoms with Crippen LogP contribution in [0.4, 0.5) is 0 Å². The molecule has 0 N–H and O–H groups in total. The standard InChI is InChI=1S/C10H8ClNS/c1-7-4-5-12-10(11)9(7)8-3-2-6-13-8/h2-6H,1H3. The topological polar surface area (TPSA) is 12.9 Å². The highest BCUT2D eigenvalue weighted by atomic mass is 35.5. The zero-order valence-electron chi connectivity index (χ0n) is 7.12. The Labute approximate surface area is 86.0 Å². The van der Waals surface area contributed by atoms with Crippen LogP contribution in [0, 0.1) is 6.92 Å². The minimum absolute atomic E-state index is 0.586. The van der Waals surface area contributed by atoms with Crippen molar-refractivity contribution in [1.29, 1.82) is 0 Å². The van der Waals surface area contributed by atoms with Crippen LogP contribution in [0.5, 0.6) is 0 Å². The Bertz CT molecular complexity index is 389. The summed E-state index contributed by atoms with van der Waals surface area (Å²) in [6.45, 7) is 2.04. The van der Waals surface area contributed by atoms with E-state index in [0.29, 0.717) is 5.15 Å². The summed E-state index contributed by atoms with van der Waals surface area (Å²) in [5.41, 5.74) is 2.22. The molecule has 3 heteroatoms. The highest BCUT2D eigenvalue weighted by molar-refractivity contribution is 7.13. The van der Waals surface area contributed by atoms with Gasteiger partial charge >= 0.3 is 0 Å². The summed E-state index contributed by atoms with van der Waals surface area (Å²) < 4.78 is 0. The number of pyridine rings is 1. The summed E-state index contributed by atoms with van der Waals surface area (Å²) in [5.74, 6) is 0. The molecule has 0 saturated carbocycles. The molecule has 0 spiro atoms. The lowest BCUT2D eigenvalue weighted by molar-refractivity contribution is 1.29. The summed E-state index contributed by atoms with van der Waals surface area (Å²) in [7, 11) is 0. The molecule has 0 fully saturated rings. The third-order valence-electron chi connectivity index (χ3n) is 1.88. The molecule has 2 heterocycles. The summed E-state index contributed by atoms with van der Waals surface area (Å²) >= 11 is 7.70. The number of hydrogen-bond donors (Lipinski definition) is 0. The third kappa shape index (κ3) is 1.60. The fourth-order valence-corrected chi connectivity index (χ4v) is 2.44. The number of aryl methyl sites for hydroxylation is 1. The first-order valence-electron chi connectivity index (χ1n) is 3.94. The molecule has 1 nitrogen and oxygen atoms in total. The van der Waals surface area contributed by atoms with E-state index in [1.54, 1.807) is 17.5 Å². The Morgan fingerprint density at radius 1 is 1.38 bits per heavy atom. The van der Waals surface area contributed by atoms with Crippen molar-refractivity contribution in [1.82, 2.24) is 4.98 Å². The lowest BCUT2D eigenvalue weighted by atomic mass is 10.1. The van der Waals surface area contributed by atoms with Crippen LogP contribution in [-0.2, 0) is 0 Å². The molecule has 0 amide bonds. The van der Waals surface area contributed by atoms with Crippen molar-refractivity contribution in [3.63, 3.8) is 0 Å². The van der Waals surface area contributed by atoms with E-state index in [0.717, 1.165) is 5.56 Å². The van der Waals surface area contributed by atoms with Crippen LogP contribution in [0.3, 0.4) is 0 Å². The van der Waals surface area contributed by atoms with Crippen LogP contribution in [0.1, 0.15) is 5.56 Å². The Morgan fingerprint density at radius 3 is 2.85 bits per heavy atom. The van der Waals surface area contributed by atoms with E-state index in [2.05, 4.69) is 11.1 Å². The van der Waals surface area contributed by atoms with Crippen molar-refractivity contribution in [3.8, 4) is 10.4 Å². The van der Waals surface area contributed by atoms with Gasteiger partial charge in [-0.25, -0.2) is 4.98 Å². The van der Waals surface area contributed by atoms with E-state index < -0.39 is 0 Å². The maximum atomic E-state index is 6.02. The predicted octanol–water partition coefficient (Wildman–Crippen LogP) is 3.77. The fourth-order valence-electron chi connectivity index (χ4n) is 1.24. The van der Waals surface area contributed by atoms with Gasteiger partial charge in [0.25, 0.3) is 0 Å². The first-order chi connectivity index (χ1) is 6.29. The molecule has 0 unspecified atom stereocenters. The molecule has 2 rings (SSSR count). The lowest BCUT2D eigenvalue weighted by Crippen LogP contribution is -1.84. The van der Waals surface area contributed by atoms with Crippen LogP contribution in [0.15, 0.2) is 29.8 Å². The molecule has 0 bridgehead atoms. The molecular formula is C10H8ClNS. The normalized spacial score (nSPS) is 10.3. The van der Waals surface area contributed by atoms with E-state index in [1.165, 1.54) is 10.4 Å². The quantitative estimate of drug-likeness (QED) is 0.652. The zero-order chi connectivity index (χ0) is 9.26. The highest BCUT2D eigenvalue weighted by Crippen LogP contribution is 2.32. The first kappa shape index (κ1) is 8.73. The Balaban J connectivity index is 2.64. The van der Waals surface area contributed by atoms with Gasteiger partial charge in [-0.1, -0.05) is 17.7 Å². The molecule has 0 atom stereocenters. The Morgan fingerprint density at radius 2 is 2.23 bits per heavy atom. The van der Waals surface area contributed by atoms with Crippen LogP contribution < -0.4 is 0 Å². The number of aromatic nitrogens is 1. The van der Waals surface area contributed by atoms with Crippen molar-refractivity contribution in [3.05, 3.63) is 40.5 Å². The summed E-state index contributed by atoms with van der Waals surface area (Å²) in [6, 6.07) is 6.05. The SMILES string of the molecule is Cc1ccnc(Cl)c1-c1cccs1. The van der Waals surface area contributed by atoms with Gasteiger partial charge in [0.15, 0.2) is 0 Å². The lowest BCUT2D eigenvalue weighted by Gasteiger charge is -2.03. The second kappa shape index (κ2) is 3.48. The monoisotopic (exact) mass is 209 g/mol. The average Bonchev–Trinajstić information content (AvgIpc) is 2.57. The van der Waals surface area contributed by atoms with Crippen molar-refractivity contribution < 1.29 is 0 Å². The molecular weight excluding hydrogens is 202 g/mol. The maximum Gasteiger partial charge on any atom is 0.137 e. The zero-order valence-corrected chi connectivity index (χ0v) is 8.69. The Hall–Kier alpha value is -0.860. The van der Waals surface area contributed by atoms with Gasteiger partial charge in [-0.3, -0.25) is 0 Å². The highest BCUT2D eigenvalue weighted by Gasteiger charge is 2.07. The van der Waals surface area contributed by atoms with Crippen molar-refractivity contribution in [2.75, 3.05) is 0 Å². The van der Waals surface area contributed by atoms with E-state index in [-0.39, 0.29) is 0 Å². The Kier molecular flexibility index (Phi) is 2.34. The van der Waals surface area contributed by atoms with E-state index in [9.17, 15) is 0 Å². The van der Waals surface area contributed by atoms with Gasteiger partial charge < -0.3 is 0 Å². The molecule has 2 aromatic heterocycles. The number of rotatable bonds is 1. The second-order valence-corrected chi connectivity index (χ2v) is 4.08. The molecule has 2 aromatic rings. The molecule has 0 aliphatic heterocycles. The minimum Gasteiger partial charge on any atom is -0.244 e. The molecule has 13 heavy (non-hydrogen) atoms. The summed E-state index contributed by atoms with van der Waals surface area (Å²) in [6.07, 6.45) is 1.73. The third-order valence-corrected chi connectivity index (χ3v) is 3.05. The van der Waals surface area contributed by atoms with E-state index in [1.807, 2.05) is 24.4 Å². The smallest absolute Gasteiger partial charge is 0.137 e. The van der Waals surface area contributed by atoms with Gasteiger partial charge in [-0.15, -0.1) is 11.3 Å². The molecule has 0 aliphatic carbocycles. The van der Waals surface area contributed by atoms with Gasteiger partial charge in [-0.05, 0) is 30.0 Å². The van der Waals surface area contributed by atoms with Crippen molar-refractivity contribution >= 4 is 22.9 Å². The van der Waals surface area contributed by atoms with Gasteiger partial charge in [0.05, 0.1) is 0 Å². The number of nitrogens with zero attached hydrogens (tertiary/aromatic N) is 1. The molecule has 0 aromatic carbocycles. The van der Waals surface area contributed by atoms with Crippen molar-refractivity contribution in [2.24, 2.45) is 0 Å². The maximum absolute atomic E-state index is 6.02. The number of halogens is 1. The van der Waals surface area contributed by atoms with Gasteiger partial charge in [-0.2, -0.15) is 0 Å². The van der Waals surface area contributed by atoms with Gasteiger partial charge in [0.2, 0.25) is 0 Å². The van der Waals surface area contributed by atoms with Gasteiger partial charge in [0, 0.05) is 16.6 Å². The number of hydrogen-bond acceptors (Lipinski definition) is 2. The summed E-state index contributed by atoms with van der Waals surface area (Å²) in [5, 5.41) is 2.63. The van der Waals surface area contributed by atoms with Gasteiger partial charge in [0.1, 0.15) is 5.15 Å². The van der Waals surface area contributed by atoms with Crippen molar-refractivity contribution in [2.45, 2.75) is 6.92 Å². The second-order valence-electron chi connectivity index (χ2n) is 2.77.